The Balaban J connectivity index is 1.58. The number of aryl methyl sites for hydroxylation is 1. The van der Waals surface area contributed by atoms with Gasteiger partial charge >= 0.3 is 0 Å². The van der Waals surface area contributed by atoms with Gasteiger partial charge in [0.15, 0.2) is 0 Å². The van der Waals surface area contributed by atoms with Gasteiger partial charge in [-0.05, 0) is 58.7 Å². The lowest BCUT2D eigenvalue weighted by molar-refractivity contribution is -0.121. The molecule has 1 aliphatic rings. The van der Waals surface area contributed by atoms with Crippen LogP contribution in [-0.2, 0) is 9.59 Å². The quantitative estimate of drug-likeness (QED) is 0.232. The summed E-state index contributed by atoms with van der Waals surface area (Å²) in [5.41, 5.74) is 4.95. The molecule has 0 bridgehead atoms. The van der Waals surface area contributed by atoms with E-state index in [1.807, 2.05) is 73.7 Å². The molecule has 6 nitrogen and oxygen atoms in total. The molecule has 1 aliphatic heterocycles. The third-order valence-electron chi connectivity index (χ3n) is 6.28. The monoisotopic (exact) mass is 583 g/mol. The van der Waals surface area contributed by atoms with Gasteiger partial charge in [-0.25, -0.2) is 9.88 Å². The number of aromatic nitrogens is 1. The molecule has 188 valence electrons. The minimum atomic E-state index is -0.690. The first-order chi connectivity index (χ1) is 18.4. The molecule has 0 saturated carbocycles. The van der Waals surface area contributed by atoms with E-state index in [0.29, 0.717) is 33.3 Å². The molecule has 1 atom stereocenters. The lowest BCUT2D eigenvalue weighted by Crippen LogP contribution is -2.31. The molecule has 3 aromatic carbocycles. The van der Waals surface area contributed by atoms with E-state index < -0.39 is 5.25 Å². The summed E-state index contributed by atoms with van der Waals surface area (Å²) in [6, 6.07) is 26.7. The van der Waals surface area contributed by atoms with E-state index in [1.54, 1.807) is 19.2 Å². The van der Waals surface area contributed by atoms with Crippen LogP contribution in [0.2, 0.25) is 0 Å². The van der Waals surface area contributed by atoms with E-state index in [-0.39, 0.29) is 18.2 Å². The maximum Gasteiger partial charge on any atom is 0.247 e. The van der Waals surface area contributed by atoms with Gasteiger partial charge in [0.05, 0.1) is 33.8 Å². The van der Waals surface area contributed by atoms with E-state index in [2.05, 4.69) is 22.0 Å². The van der Waals surface area contributed by atoms with Crippen LogP contribution in [-0.4, -0.2) is 29.2 Å². The SMILES string of the molecule is COc1ccc(-c2cc(-c3ccccc3)nc(S[C@@H]3CC(=O)N(c4ccc(C)cc4)C3=O)c2C#N)cc1Br. The fraction of sp³-hybridized carbons (Fsp3) is 0.133. The highest BCUT2D eigenvalue weighted by Crippen LogP contribution is 2.40. The van der Waals surface area contributed by atoms with Crippen molar-refractivity contribution in [2.45, 2.75) is 23.6 Å². The highest BCUT2D eigenvalue weighted by Gasteiger charge is 2.41. The number of carbonyl (C=O) groups excluding carboxylic acids is 2. The molecule has 0 N–H and O–H groups in total. The second kappa shape index (κ2) is 10.8. The largest absolute Gasteiger partial charge is 0.496 e. The number of hydrogen-bond acceptors (Lipinski definition) is 6. The molecule has 38 heavy (non-hydrogen) atoms. The number of halogens is 1. The third-order valence-corrected chi connectivity index (χ3v) is 8.07. The molecular weight excluding hydrogens is 562 g/mol. The van der Waals surface area contributed by atoms with Gasteiger partial charge in [0.1, 0.15) is 16.8 Å². The first-order valence-corrected chi connectivity index (χ1v) is 13.5. The number of carbonyl (C=O) groups is 2. The average molecular weight is 584 g/mol. The standard InChI is InChI=1S/C30H22BrN3O3S/c1-18-8-11-21(12-9-18)34-28(35)16-27(30(34)36)38-29-23(17-32)22(20-10-13-26(37-2)24(31)14-20)15-25(33-29)19-6-4-3-5-7-19/h3-15,27H,16H2,1-2H3/t27-/m1/s1. The van der Waals surface area contributed by atoms with Crippen LogP contribution in [0.1, 0.15) is 17.5 Å². The molecule has 4 aromatic rings. The number of anilines is 1. The van der Waals surface area contributed by atoms with E-state index in [9.17, 15) is 14.9 Å². The Morgan fingerprint density at radius 2 is 1.76 bits per heavy atom. The van der Waals surface area contributed by atoms with Crippen LogP contribution in [0.4, 0.5) is 5.69 Å². The third kappa shape index (κ3) is 4.95. The van der Waals surface area contributed by atoms with Crippen LogP contribution in [0.15, 0.2) is 88.4 Å². The van der Waals surface area contributed by atoms with E-state index in [1.165, 1.54) is 4.90 Å². The Hall–Kier alpha value is -3.93. The van der Waals surface area contributed by atoms with Gasteiger partial charge in [-0.2, -0.15) is 5.26 Å². The lowest BCUT2D eigenvalue weighted by Gasteiger charge is -2.16. The van der Waals surface area contributed by atoms with E-state index in [0.717, 1.165) is 32.9 Å². The molecule has 1 saturated heterocycles. The summed E-state index contributed by atoms with van der Waals surface area (Å²) in [7, 11) is 1.59. The molecule has 0 aliphatic carbocycles. The number of nitriles is 1. The van der Waals surface area contributed by atoms with Crippen molar-refractivity contribution in [2.75, 3.05) is 12.0 Å². The smallest absolute Gasteiger partial charge is 0.247 e. The van der Waals surface area contributed by atoms with Crippen molar-refractivity contribution in [3.8, 4) is 34.2 Å². The van der Waals surface area contributed by atoms with Crippen molar-refractivity contribution >= 4 is 45.2 Å². The minimum absolute atomic E-state index is 0.0307. The van der Waals surface area contributed by atoms with Gasteiger partial charge in [-0.15, -0.1) is 0 Å². The first-order valence-electron chi connectivity index (χ1n) is 11.8. The number of amides is 2. The molecule has 0 unspecified atom stereocenters. The van der Waals surface area contributed by atoms with Gasteiger partial charge in [0.25, 0.3) is 0 Å². The number of ether oxygens (including phenoxy) is 1. The zero-order valence-corrected chi connectivity index (χ0v) is 23.0. The molecule has 8 heteroatoms. The number of imide groups is 1. The fourth-order valence-corrected chi connectivity index (χ4v) is 6.00. The summed E-state index contributed by atoms with van der Waals surface area (Å²) in [6.07, 6.45) is 0.0307. The van der Waals surface area contributed by atoms with E-state index >= 15 is 0 Å². The predicted octanol–water partition coefficient (Wildman–Crippen LogP) is 6.79. The Labute approximate surface area is 233 Å². The molecule has 2 heterocycles. The molecule has 0 radical (unpaired) electrons. The zero-order valence-electron chi connectivity index (χ0n) is 20.6. The zero-order chi connectivity index (χ0) is 26.8. The van der Waals surface area contributed by atoms with Crippen LogP contribution >= 0.6 is 27.7 Å². The van der Waals surface area contributed by atoms with Crippen molar-refractivity contribution in [3.63, 3.8) is 0 Å². The number of thioether (sulfide) groups is 1. The number of pyridine rings is 1. The van der Waals surface area contributed by atoms with Crippen LogP contribution in [0, 0.1) is 18.3 Å². The number of hydrogen-bond donors (Lipinski definition) is 0. The molecule has 1 aromatic heterocycles. The van der Waals surface area contributed by atoms with Gasteiger partial charge in [0.2, 0.25) is 11.8 Å². The first kappa shape index (κ1) is 25.7. The molecule has 1 fully saturated rings. The summed E-state index contributed by atoms with van der Waals surface area (Å²) in [5, 5.41) is 9.96. The van der Waals surface area contributed by atoms with Crippen molar-refractivity contribution < 1.29 is 14.3 Å². The summed E-state index contributed by atoms with van der Waals surface area (Å²) < 4.78 is 6.12. The molecule has 5 rings (SSSR count). The molecule has 2 amide bonds. The summed E-state index contributed by atoms with van der Waals surface area (Å²) in [5.74, 6) is 0.0900. The maximum absolute atomic E-state index is 13.4. The van der Waals surface area contributed by atoms with Crippen molar-refractivity contribution in [1.29, 1.82) is 5.26 Å². The van der Waals surface area contributed by atoms with Crippen LogP contribution < -0.4 is 9.64 Å². The number of nitrogens with zero attached hydrogens (tertiary/aromatic N) is 3. The van der Waals surface area contributed by atoms with Crippen molar-refractivity contribution in [1.82, 2.24) is 4.98 Å². The van der Waals surface area contributed by atoms with Gasteiger partial charge < -0.3 is 4.74 Å². The van der Waals surface area contributed by atoms with Crippen molar-refractivity contribution in [3.05, 3.63) is 94.5 Å². The fourth-order valence-electron chi connectivity index (χ4n) is 4.33. The maximum atomic E-state index is 13.4. The van der Waals surface area contributed by atoms with E-state index in [4.69, 9.17) is 9.72 Å². The second-order valence-electron chi connectivity index (χ2n) is 8.78. The summed E-state index contributed by atoms with van der Waals surface area (Å²) >= 11 is 4.70. The highest BCUT2D eigenvalue weighted by molar-refractivity contribution is 9.10. The number of benzene rings is 3. The van der Waals surface area contributed by atoms with Crippen molar-refractivity contribution in [2.24, 2.45) is 0 Å². The van der Waals surface area contributed by atoms with Crippen LogP contribution in [0.5, 0.6) is 5.75 Å². The Bertz CT molecular complexity index is 1580. The molecule has 0 spiro atoms. The highest BCUT2D eigenvalue weighted by atomic mass is 79.9. The predicted molar refractivity (Wildman–Crippen MR) is 152 cm³/mol. The Kier molecular flexibility index (Phi) is 7.32. The number of rotatable bonds is 6. The summed E-state index contributed by atoms with van der Waals surface area (Å²) in [6.45, 7) is 1.95. The van der Waals surface area contributed by atoms with Gasteiger partial charge in [-0.3, -0.25) is 9.59 Å². The van der Waals surface area contributed by atoms with Gasteiger partial charge in [-0.1, -0.05) is 65.9 Å². The second-order valence-corrected chi connectivity index (χ2v) is 10.8. The number of methoxy groups -OCH3 is 1. The van der Waals surface area contributed by atoms with Crippen LogP contribution in [0.3, 0.4) is 0 Å². The van der Waals surface area contributed by atoms with Crippen LogP contribution in [0.25, 0.3) is 22.4 Å². The minimum Gasteiger partial charge on any atom is -0.496 e. The average Bonchev–Trinajstić information content (AvgIpc) is 3.21. The topological polar surface area (TPSA) is 83.3 Å². The normalized spacial score (nSPS) is 15.0. The van der Waals surface area contributed by atoms with Gasteiger partial charge in [0, 0.05) is 17.5 Å². The molecular formula is C30H22BrN3O3S. The summed E-state index contributed by atoms with van der Waals surface area (Å²) in [4.78, 5) is 32.3. The Morgan fingerprint density at radius 3 is 2.42 bits per heavy atom. The Morgan fingerprint density at radius 1 is 1.03 bits per heavy atom. The lowest BCUT2D eigenvalue weighted by atomic mass is 9.99.